The van der Waals surface area contributed by atoms with Crippen molar-refractivity contribution in [1.82, 2.24) is 10.2 Å². The van der Waals surface area contributed by atoms with Crippen LogP contribution >= 0.6 is 11.8 Å². The Hall–Kier alpha value is -3.31. The Balaban J connectivity index is 1.31. The molecule has 5 heteroatoms. The molecule has 1 saturated heterocycles. The van der Waals surface area contributed by atoms with Gasteiger partial charge in [0.2, 0.25) is 0 Å². The fourth-order valence-corrected chi connectivity index (χ4v) is 6.86. The zero-order valence-corrected chi connectivity index (χ0v) is 23.3. The van der Waals surface area contributed by atoms with Crippen LogP contribution in [0.3, 0.4) is 0 Å². The van der Waals surface area contributed by atoms with Crippen molar-refractivity contribution in [2.75, 3.05) is 0 Å². The number of aryl methyl sites for hydroxylation is 3. The summed E-state index contributed by atoms with van der Waals surface area (Å²) in [5.74, 6) is 0.0246. The van der Waals surface area contributed by atoms with Crippen molar-refractivity contribution < 1.29 is 9.59 Å². The highest BCUT2D eigenvalue weighted by atomic mass is 32.2. The topological polar surface area (TPSA) is 49.4 Å². The number of hydrogen-bond donors (Lipinski definition) is 1. The Morgan fingerprint density at radius 3 is 2.42 bits per heavy atom. The van der Waals surface area contributed by atoms with Crippen LogP contribution < -0.4 is 5.32 Å². The van der Waals surface area contributed by atoms with E-state index in [1.54, 1.807) is 11.8 Å². The summed E-state index contributed by atoms with van der Waals surface area (Å²) in [5, 5.41) is 3.43. The number of benzene rings is 3. The van der Waals surface area contributed by atoms with Gasteiger partial charge in [-0.1, -0.05) is 78.6 Å². The van der Waals surface area contributed by atoms with Crippen LogP contribution in [0.4, 0.5) is 0 Å². The van der Waals surface area contributed by atoms with Gasteiger partial charge in [-0.3, -0.25) is 9.59 Å². The maximum absolute atomic E-state index is 13.8. The molecule has 2 amide bonds. The molecule has 1 aliphatic carbocycles. The van der Waals surface area contributed by atoms with E-state index in [9.17, 15) is 9.59 Å². The highest BCUT2D eigenvalue weighted by Gasteiger charge is 2.40. The molecule has 1 heterocycles. The van der Waals surface area contributed by atoms with Crippen molar-refractivity contribution in [2.45, 2.75) is 70.8 Å². The summed E-state index contributed by atoms with van der Waals surface area (Å²) >= 11 is 1.75. The number of rotatable bonds is 6. The summed E-state index contributed by atoms with van der Waals surface area (Å²) in [6, 6.07) is 22.5. The van der Waals surface area contributed by atoms with Crippen LogP contribution in [-0.2, 0) is 17.9 Å². The van der Waals surface area contributed by atoms with Crippen LogP contribution in [0.15, 0.2) is 71.6 Å². The van der Waals surface area contributed by atoms with Crippen molar-refractivity contribution >= 4 is 29.7 Å². The molecule has 4 nitrogen and oxygen atoms in total. The molecule has 5 rings (SSSR count). The third-order valence-electron chi connectivity index (χ3n) is 7.71. The van der Waals surface area contributed by atoms with Gasteiger partial charge in [0.15, 0.2) is 0 Å². The van der Waals surface area contributed by atoms with Crippen LogP contribution in [0.25, 0.3) is 6.08 Å². The van der Waals surface area contributed by atoms with E-state index in [1.165, 1.54) is 35.1 Å². The molecule has 1 saturated carbocycles. The van der Waals surface area contributed by atoms with E-state index >= 15 is 0 Å². The minimum Gasteiger partial charge on any atom is -0.348 e. The average molecular weight is 525 g/mol. The molecule has 3 aromatic carbocycles. The Labute approximate surface area is 230 Å². The molecule has 0 spiro atoms. The lowest BCUT2D eigenvalue weighted by Crippen LogP contribution is -2.50. The number of amides is 2. The molecule has 196 valence electrons. The van der Waals surface area contributed by atoms with E-state index in [4.69, 9.17) is 0 Å². The zero-order chi connectivity index (χ0) is 26.6. The van der Waals surface area contributed by atoms with E-state index in [0.717, 1.165) is 28.9 Å². The highest BCUT2D eigenvalue weighted by molar-refractivity contribution is 8.04. The lowest BCUT2D eigenvalue weighted by molar-refractivity contribution is -0.130. The number of hydrogen-bond acceptors (Lipinski definition) is 3. The second-order valence-electron chi connectivity index (χ2n) is 10.7. The number of fused-ring (bicyclic) bond motifs is 1. The Bertz CT molecular complexity index is 1340. The van der Waals surface area contributed by atoms with Gasteiger partial charge >= 0.3 is 0 Å². The Kier molecular flexibility index (Phi) is 8.04. The summed E-state index contributed by atoms with van der Waals surface area (Å²) in [6.45, 7) is 7.44. The maximum Gasteiger partial charge on any atom is 0.260 e. The van der Waals surface area contributed by atoms with Crippen molar-refractivity contribution in [3.8, 4) is 0 Å². The number of carbonyl (C=O) groups is 2. The van der Waals surface area contributed by atoms with Crippen LogP contribution in [0.1, 0.15) is 69.4 Å². The lowest BCUT2D eigenvalue weighted by Gasteiger charge is -2.44. The molecule has 38 heavy (non-hydrogen) atoms. The first kappa shape index (κ1) is 26.3. The molecular formula is C33H36N2O2S. The van der Waals surface area contributed by atoms with Gasteiger partial charge in [0.05, 0.1) is 4.91 Å². The van der Waals surface area contributed by atoms with Crippen LogP contribution in [0.5, 0.6) is 0 Å². The fourth-order valence-electron chi connectivity index (χ4n) is 5.39. The number of thioether (sulfide) groups is 1. The van der Waals surface area contributed by atoms with Gasteiger partial charge in [-0.25, -0.2) is 0 Å². The van der Waals surface area contributed by atoms with Crippen LogP contribution in [-0.4, -0.2) is 28.0 Å². The molecule has 2 atom stereocenters. The maximum atomic E-state index is 13.8. The molecule has 2 aliphatic rings. The first-order chi connectivity index (χ1) is 18.4. The number of nitrogens with one attached hydrogen (secondary N) is 1. The normalized spacial score (nSPS) is 20.3. The van der Waals surface area contributed by atoms with Crippen molar-refractivity contribution in [3.63, 3.8) is 0 Å². The third-order valence-corrected chi connectivity index (χ3v) is 9.11. The summed E-state index contributed by atoms with van der Waals surface area (Å²) in [6.07, 6.45) is 6.63. The SMILES string of the molecule is Cc1ccc(CNC(=O)c2ccc(/C=C3\SC4CCCCC4N(Cc4cc(C)ccc4C)C3=O)cc2)cc1. The molecule has 2 fully saturated rings. The Morgan fingerprint density at radius 1 is 0.947 bits per heavy atom. The number of nitrogens with zero attached hydrogens (tertiary/aromatic N) is 1. The third kappa shape index (κ3) is 6.05. The molecule has 0 aromatic heterocycles. The van der Waals surface area contributed by atoms with Crippen molar-refractivity contribution in [1.29, 1.82) is 0 Å². The Morgan fingerprint density at radius 2 is 1.66 bits per heavy atom. The van der Waals surface area contributed by atoms with Gasteiger partial charge in [0.1, 0.15) is 0 Å². The molecular weight excluding hydrogens is 488 g/mol. The van der Waals surface area contributed by atoms with E-state index in [0.29, 0.717) is 23.9 Å². The molecule has 3 aromatic rings. The van der Waals surface area contributed by atoms with Gasteiger partial charge in [-0.05, 0) is 74.1 Å². The smallest absolute Gasteiger partial charge is 0.260 e. The molecule has 1 aliphatic heterocycles. The summed E-state index contributed by atoms with van der Waals surface area (Å²) in [5.41, 5.74) is 7.52. The average Bonchev–Trinajstić information content (AvgIpc) is 2.93. The van der Waals surface area contributed by atoms with E-state index in [-0.39, 0.29) is 17.9 Å². The minimum absolute atomic E-state index is 0.0994. The molecule has 0 radical (unpaired) electrons. The number of carbonyl (C=O) groups excluding carboxylic acids is 2. The predicted molar refractivity (Wildman–Crippen MR) is 157 cm³/mol. The second-order valence-corrected chi connectivity index (χ2v) is 12.0. The van der Waals surface area contributed by atoms with E-state index in [2.05, 4.69) is 49.2 Å². The van der Waals surface area contributed by atoms with Gasteiger partial charge in [0, 0.05) is 29.9 Å². The summed E-state index contributed by atoms with van der Waals surface area (Å²) in [4.78, 5) is 29.4. The monoisotopic (exact) mass is 524 g/mol. The molecule has 0 bridgehead atoms. The quantitative estimate of drug-likeness (QED) is 0.354. The summed E-state index contributed by atoms with van der Waals surface area (Å²) < 4.78 is 0. The van der Waals surface area contributed by atoms with E-state index in [1.807, 2.05) is 54.6 Å². The standard InChI is InChI=1S/C33H36N2O2S/c1-22-9-12-26(13-10-22)20-34-32(36)27-16-14-25(15-17-27)19-31-33(37)35(29-6-4-5-7-30(29)38-31)21-28-18-23(2)8-11-24(28)3/h8-19,29-30H,4-7,20-21H2,1-3H3,(H,34,36)/b31-19-. The first-order valence-corrected chi connectivity index (χ1v) is 14.4. The highest BCUT2D eigenvalue weighted by Crippen LogP contribution is 2.43. The van der Waals surface area contributed by atoms with Gasteiger partial charge < -0.3 is 10.2 Å². The lowest BCUT2D eigenvalue weighted by atomic mass is 9.92. The fraction of sp³-hybridized carbons (Fsp3) is 0.333. The summed E-state index contributed by atoms with van der Waals surface area (Å²) in [7, 11) is 0. The van der Waals surface area contributed by atoms with Crippen LogP contribution in [0, 0.1) is 20.8 Å². The van der Waals surface area contributed by atoms with Gasteiger partial charge in [0.25, 0.3) is 11.8 Å². The molecule has 1 N–H and O–H groups in total. The van der Waals surface area contributed by atoms with Gasteiger partial charge in [-0.15, -0.1) is 11.8 Å². The molecule has 2 unspecified atom stereocenters. The largest absolute Gasteiger partial charge is 0.348 e. The van der Waals surface area contributed by atoms with E-state index < -0.39 is 0 Å². The first-order valence-electron chi connectivity index (χ1n) is 13.6. The van der Waals surface area contributed by atoms with Crippen LogP contribution in [0.2, 0.25) is 0 Å². The van der Waals surface area contributed by atoms with Gasteiger partial charge in [-0.2, -0.15) is 0 Å². The van der Waals surface area contributed by atoms with Crippen molar-refractivity contribution in [3.05, 3.63) is 111 Å². The van der Waals surface area contributed by atoms with Crippen molar-refractivity contribution in [2.24, 2.45) is 0 Å². The predicted octanol–water partition coefficient (Wildman–Crippen LogP) is 6.97. The minimum atomic E-state index is -0.0994. The zero-order valence-electron chi connectivity index (χ0n) is 22.5. The second kappa shape index (κ2) is 11.6.